The number of carbonyl (C=O) groups excluding carboxylic acids is 2. The van der Waals surface area contributed by atoms with E-state index in [0.717, 1.165) is 11.8 Å². The molecule has 1 fully saturated rings. The highest BCUT2D eigenvalue weighted by Crippen LogP contribution is 2.34. The molecular weight excluding hydrogens is 457 g/mol. The van der Waals surface area contributed by atoms with Crippen molar-refractivity contribution in [3.8, 4) is 0 Å². The quantitative estimate of drug-likeness (QED) is 0.677. The number of hydrogen-bond acceptors (Lipinski definition) is 4. The summed E-state index contributed by atoms with van der Waals surface area (Å²) < 4.78 is 39.4. The van der Waals surface area contributed by atoms with Crippen molar-refractivity contribution in [1.82, 2.24) is 9.80 Å². The van der Waals surface area contributed by atoms with E-state index < -0.39 is 23.7 Å². The molecule has 3 rings (SSSR count). The number of likely N-dealkylation sites (N-methyl/N-ethyl adjacent to an activating group) is 1. The van der Waals surface area contributed by atoms with Crippen LogP contribution in [-0.2, 0) is 15.8 Å². The average molecular weight is 483 g/mol. The number of para-hydroxylation sites is 2. The summed E-state index contributed by atoms with van der Waals surface area (Å²) in [5.74, 6) is -0.973. The van der Waals surface area contributed by atoms with Crippen molar-refractivity contribution in [2.24, 2.45) is 0 Å². The number of rotatable bonds is 6. The summed E-state index contributed by atoms with van der Waals surface area (Å²) in [5, 5.41) is 2.94. The Bertz CT molecular complexity index is 994. The molecule has 1 aliphatic rings. The third-order valence-corrected chi connectivity index (χ3v) is 6.00. The molecule has 10 heteroatoms. The lowest BCUT2D eigenvalue weighted by Crippen LogP contribution is -2.54. The van der Waals surface area contributed by atoms with Crippen molar-refractivity contribution >= 4 is 34.8 Å². The Kier molecular flexibility index (Phi) is 7.86. The van der Waals surface area contributed by atoms with E-state index in [2.05, 4.69) is 10.2 Å². The van der Waals surface area contributed by atoms with Crippen molar-refractivity contribution in [3.63, 3.8) is 0 Å². The van der Waals surface area contributed by atoms with Crippen LogP contribution in [0.5, 0.6) is 0 Å². The molecule has 1 aliphatic heterocycles. The normalized spacial score (nSPS) is 15.8. The number of amides is 2. The molecule has 0 aromatic heterocycles. The number of halogens is 4. The van der Waals surface area contributed by atoms with Crippen LogP contribution in [0.25, 0.3) is 0 Å². The minimum absolute atomic E-state index is 0.277. The Morgan fingerprint density at radius 3 is 2.30 bits per heavy atom. The van der Waals surface area contributed by atoms with Crippen LogP contribution in [0.3, 0.4) is 0 Å². The molecule has 1 N–H and O–H groups in total. The van der Waals surface area contributed by atoms with Gasteiger partial charge in [-0.3, -0.25) is 14.5 Å². The topological polar surface area (TPSA) is 55.9 Å². The molecule has 1 heterocycles. The molecule has 0 aliphatic carbocycles. The van der Waals surface area contributed by atoms with Gasteiger partial charge in [0.1, 0.15) is 0 Å². The molecule has 0 bridgehead atoms. The molecule has 1 saturated heterocycles. The van der Waals surface area contributed by atoms with E-state index in [1.165, 1.54) is 30.1 Å². The molecule has 178 valence electrons. The van der Waals surface area contributed by atoms with Crippen LogP contribution in [0.2, 0.25) is 5.02 Å². The standard InChI is InChI=1S/C23H26ClF3N4O2/c1-16(30-11-13-31(14-12-30)20-10-6-4-8-18(20)24)22(33)29(2)15-21(32)28-19-9-5-3-7-17(19)23(25,26)27/h3-10,16H,11-15H2,1-2H3,(H,28,32)/t16-/m0/s1. The fraction of sp³-hybridized carbons (Fsp3) is 0.391. The molecule has 0 unspecified atom stereocenters. The SMILES string of the molecule is C[C@@H](C(=O)N(C)CC(=O)Nc1ccccc1C(F)(F)F)N1CCN(c2ccccc2Cl)CC1. The summed E-state index contributed by atoms with van der Waals surface area (Å²) in [5.41, 5.74) is -0.317. The lowest BCUT2D eigenvalue weighted by Gasteiger charge is -2.39. The van der Waals surface area contributed by atoms with Crippen LogP contribution in [-0.4, -0.2) is 67.4 Å². The van der Waals surface area contributed by atoms with Gasteiger partial charge in [-0.05, 0) is 31.2 Å². The Morgan fingerprint density at radius 1 is 1.06 bits per heavy atom. The van der Waals surface area contributed by atoms with E-state index in [-0.39, 0.29) is 18.1 Å². The monoisotopic (exact) mass is 482 g/mol. The van der Waals surface area contributed by atoms with Gasteiger partial charge in [-0.1, -0.05) is 35.9 Å². The van der Waals surface area contributed by atoms with Crippen molar-refractivity contribution < 1.29 is 22.8 Å². The molecule has 0 radical (unpaired) electrons. The fourth-order valence-electron chi connectivity index (χ4n) is 3.86. The van der Waals surface area contributed by atoms with Crippen LogP contribution < -0.4 is 10.2 Å². The van der Waals surface area contributed by atoms with Crippen LogP contribution >= 0.6 is 11.6 Å². The smallest absolute Gasteiger partial charge is 0.368 e. The van der Waals surface area contributed by atoms with Gasteiger partial charge >= 0.3 is 6.18 Å². The lowest BCUT2D eigenvalue weighted by atomic mass is 10.1. The molecule has 2 aromatic carbocycles. The summed E-state index contributed by atoms with van der Waals surface area (Å²) in [6, 6.07) is 11.9. The second-order valence-corrected chi connectivity index (χ2v) is 8.34. The van der Waals surface area contributed by atoms with Gasteiger partial charge in [0.2, 0.25) is 11.8 Å². The van der Waals surface area contributed by atoms with Crippen molar-refractivity contribution in [2.75, 3.05) is 50.0 Å². The number of hydrogen-bond donors (Lipinski definition) is 1. The Labute approximate surface area is 195 Å². The van der Waals surface area contributed by atoms with Gasteiger partial charge in [-0.2, -0.15) is 13.2 Å². The Morgan fingerprint density at radius 2 is 1.67 bits per heavy atom. The number of nitrogens with zero attached hydrogens (tertiary/aromatic N) is 3. The first-order chi connectivity index (χ1) is 15.6. The number of benzene rings is 2. The number of alkyl halides is 3. The molecule has 2 amide bonds. The van der Waals surface area contributed by atoms with Crippen molar-refractivity contribution in [1.29, 1.82) is 0 Å². The van der Waals surface area contributed by atoms with Crippen LogP contribution in [0, 0.1) is 0 Å². The molecule has 6 nitrogen and oxygen atoms in total. The predicted molar refractivity (Wildman–Crippen MR) is 122 cm³/mol. The summed E-state index contributed by atoms with van der Waals surface area (Å²) in [6.07, 6.45) is -4.59. The van der Waals surface area contributed by atoms with Gasteiger partial charge in [0, 0.05) is 33.2 Å². The number of nitrogens with one attached hydrogen (secondary N) is 1. The summed E-state index contributed by atoms with van der Waals surface area (Å²) >= 11 is 6.27. The number of piperazine rings is 1. The first-order valence-electron chi connectivity index (χ1n) is 10.5. The van der Waals surface area contributed by atoms with Gasteiger partial charge in [-0.15, -0.1) is 0 Å². The predicted octanol–water partition coefficient (Wildman–Crippen LogP) is 3.97. The Balaban J connectivity index is 1.54. The number of anilines is 2. The van der Waals surface area contributed by atoms with Gasteiger partial charge in [0.05, 0.1) is 34.5 Å². The number of carbonyl (C=O) groups is 2. The zero-order valence-corrected chi connectivity index (χ0v) is 19.2. The zero-order chi connectivity index (χ0) is 24.2. The van der Waals surface area contributed by atoms with E-state index in [9.17, 15) is 22.8 Å². The van der Waals surface area contributed by atoms with E-state index in [1.807, 2.05) is 29.2 Å². The fourth-order valence-corrected chi connectivity index (χ4v) is 4.11. The van der Waals surface area contributed by atoms with Crippen LogP contribution in [0.1, 0.15) is 12.5 Å². The lowest BCUT2D eigenvalue weighted by molar-refractivity contribution is -0.138. The van der Waals surface area contributed by atoms with Crippen molar-refractivity contribution in [3.05, 3.63) is 59.1 Å². The van der Waals surface area contributed by atoms with E-state index in [0.29, 0.717) is 31.2 Å². The highest BCUT2D eigenvalue weighted by Gasteiger charge is 2.34. The van der Waals surface area contributed by atoms with Gasteiger partial charge in [-0.25, -0.2) is 0 Å². The molecule has 0 spiro atoms. The van der Waals surface area contributed by atoms with E-state index >= 15 is 0 Å². The van der Waals surface area contributed by atoms with Crippen molar-refractivity contribution in [2.45, 2.75) is 19.1 Å². The highest BCUT2D eigenvalue weighted by atomic mass is 35.5. The van der Waals surface area contributed by atoms with Gasteiger partial charge in [0.15, 0.2) is 0 Å². The van der Waals surface area contributed by atoms with E-state index in [4.69, 9.17) is 11.6 Å². The summed E-state index contributed by atoms with van der Waals surface area (Å²) in [7, 11) is 1.47. The highest BCUT2D eigenvalue weighted by molar-refractivity contribution is 6.33. The molecule has 2 aromatic rings. The maximum absolute atomic E-state index is 13.1. The average Bonchev–Trinajstić information content (AvgIpc) is 2.78. The second-order valence-electron chi connectivity index (χ2n) is 7.94. The largest absolute Gasteiger partial charge is 0.418 e. The Hall–Kier alpha value is -2.78. The summed E-state index contributed by atoms with van der Waals surface area (Å²) in [6.45, 7) is 4.07. The second kappa shape index (κ2) is 10.4. The zero-order valence-electron chi connectivity index (χ0n) is 18.4. The van der Waals surface area contributed by atoms with Crippen LogP contribution in [0.4, 0.5) is 24.5 Å². The first kappa shape index (κ1) is 24.9. The minimum Gasteiger partial charge on any atom is -0.368 e. The third kappa shape index (κ3) is 6.17. The van der Waals surface area contributed by atoms with Crippen LogP contribution in [0.15, 0.2) is 48.5 Å². The molecule has 0 saturated carbocycles. The maximum Gasteiger partial charge on any atom is 0.418 e. The van der Waals surface area contributed by atoms with Gasteiger partial charge < -0.3 is 15.1 Å². The molecular formula is C23H26ClF3N4O2. The summed E-state index contributed by atoms with van der Waals surface area (Å²) in [4.78, 5) is 30.6. The molecule has 33 heavy (non-hydrogen) atoms. The minimum atomic E-state index is -4.59. The maximum atomic E-state index is 13.1. The molecule has 1 atom stereocenters. The van der Waals surface area contributed by atoms with E-state index in [1.54, 1.807) is 6.92 Å². The first-order valence-corrected chi connectivity index (χ1v) is 10.9. The third-order valence-electron chi connectivity index (χ3n) is 5.68. The van der Waals surface area contributed by atoms with Gasteiger partial charge in [0.25, 0.3) is 0 Å².